The molecule has 0 saturated carbocycles. The molecule has 1 atom stereocenters. The zero-order valence-corrected chi connectivity index (χ0v) is 17.4. The van der Waals surface area contributed by atoms with E-state index in [0.29, 0.717) is 19.5 Å². The largest absolute Gasteiger partial charge is 0.497 e. The predicted molar refractivity (Wildman–Crippen MR) is 112 cm³/mol. The fourth-order valence-corrected chi connectivity index (χ4v) is 3.40. The zero-order valence-electron chi connectivity index (χ0n) is 17.4. The molecule has 0 aliphatic carbocycles. The summed E-state index contributed by atoms with van der Waals surface area (Å²) in [6.45, 7) is 4.79. The molecule has 0 bridgehead atoms. The van der Waals surface area contributed by atoms with E-state index < -0.39 is 0 Å². The molecular weight excluding hydrogens is 368 g/mol. The molecule has 0 spiro atoms. The first-order valence-electron chi connectivity index (χ1n) is 9.79. The second kappa shape index (κ2) is 9.45. The van der Waals surface area contributed by atoms with Gasteiger partial charge in [0.25, 0.3) is 0 Å². The Labute approximate surface area is 172 Å². The van der Waals surface area contributed by atoms with Gasteiger partial charge in [-0.2, -0.15) is 0 Å². The molecule has 6 heteroatoms. The first kappa shape index (κ1) is 20.7. The highest BCUT2D eigenvalue weighted by atomic mass is 16.6. The average Bonchev–Trinajstić information content (AvgIpc) is 3.21. The van der Waals surface area contributed by atoms with Gasteiger partial charge in [0.2, 0.25) is 5.91 Å². The Bertz CT molecular complexity index is 879. The van der Waals surface area contributed by atoms with Gasteiger partial charge in [-0.25, -0.2) is 0 Å². The maximum Gasteiger partial charge on any atom is 0.225 e. The number of benzene rings is 2. The summed E-state index contributed by atoms with van der Waals surface area (Å²) in [6, 6.07) is 15.5. The Balaban J connectivity index is 1.71. The minimum Gasteiger partial charge on any atom is -0.497 e. The molecule has 1 aliphatic rings. The van der Waals surface area contributed by atoms with Gasteiger partial charge >= 0.3 is 0 Å². The summed E-state index contributed by atoms with van der Waals surface area (Å²) < 4.78 is 10.7. The van der Waals surface area contributed by atoms with Crippen LogP contribution >= 0.6 is 0 Å². The minimum atomic E-state index is -0.191. The number of nitrogens with zero attached hydrogens (tertiary/aromatic N) is 2. The first-order chi connectivity index (χ1) is 14.0. The van der Waals surface area contributed by atoms with Gasteiger partial charge in [0, 0.05) is 24.4 Å². The van der Waals surface area contributed by atoms with Crippen LogP contribution in [0, 0.1) is 5.92 Å². The molecule has 0 radical (unpaired) electrons. The summed E-state index contributed by atoms with van der Waals surface area (Å²) >= 11 is 0. The molecule has 1 aliphatic heterocycles. The van der Waals surface area contributed by atoms with Gasteiger partial charge in [-0.05, 0) is 29.8 Å². The molecule has 1 heterocycles. The fraction of sp³-hybridized carbons (Fsp3) is 0.391. The van der Waals surface area contributed by atoms with Crippen LogP contribution < -0.4 is 9.47 Å². The van der Waals surface area contributed by atoms with E-state index in [0.717, 1.165) is 28.3 Å². The molecule has 0 N–H and O–H groups in total. The van der Waals surface area contributed by atoms with Crippen LogP contribution in [-0.2, 0) is 16.2 Å². The number of hydrogen-bond acceptors (Lipinski definition) is 5. The summed E-state index contributed by atoms with van der Waals surface area (Å²) in [7, 11) is 3.28. The molecular formula is C23H28N2O4. The van der Waals surface area contributed by atoms with Gasteiger partial charge in [-0.1, -0.05) is 43.3 Å². The van der Waals surface area contributed by atoms with Gasteiger partial charge in [0.1, 0.15) is 11.5 Å². The Hall–Kier alpha value is -3.02. The van der Waals surface area contributed by atoms with Gasteiger partial charge in [-0.15, -0.1) is 0 Å². The molecule has 0 unspecified atom stereocenters. The third-order valence-corrected chi connectivity index (χ3v) is 4.89. The second-order valence-corrected chi connectivity index (χ2v) is 7.39. The van der Waals surface area contributed by atoms with Crippen molar-refractivity contribution in [3.05, 3.63) is 59.7 Å². The maximum absolute atomic E-state index is 12.8. The molecule has 0 fully saturated rings. The molecule has 0 aromatic heterocycles. The van der Waals surface area contributed by atoms with Crippen molar-refractivity contribution in [3.8, 4) is 11.5 Å². The Morgan fingerprint density at radius 2 is 1.97 bits per heavy atom. The van der Waals surface area contributed by atoms with Gasteiger partial charge < -0.3 is 19.2 Å². The minimum absolute atomic E-state index is 0.0853. The lowest BCUT2D eigenvalue weighted by atomic mass is 10.0. The summed E-state index contributed by atoms with van der Waals surface area (Å²) in [5.41, 5.74) is 2.78. The quantitative estimate of drug-likeness (QED) is 0.679. The predicted octanol–water partition coefficient (Wildman–Crippen LogP) is 3.88. The van der Waals surface area contributed by atoms with Crippen molar-refractivity contribution in [2.24, 2.45) is 11.1 Å². The van der Waals surface area contributed by atoms with E-state index in [-0.39, 0.29) is 17.9 Å². The van der Waals surface area contributed by atoms with Gasteiger partial charge in [-0.3, -0.25) is 4.79 Å². The lowest BCUT2D eigenvalue weighted by molar-refractivity contribution is -0.136. The summed E-state index contributed by atoms with van der Waals surface area (Å²) in [4.78, 5) is 20.3. The van der Waals surface area contributed by atoms with E-state index in [1.807, 2.05) is 67.3 Å². The third-order valence-electron chi connectivity index (χ3n) is 4.89. The van der Waals surface area contributed by atoms with Crippen LogP contribution in [0.3, 0.4) is 0 Å². The molecule has 2 aromatic rings. The summed E-state index contributed by atoms with van der Waals surface area (Å²) in [5.74, 6) is 1.53. The van der Waals surface area contributed by atoms with Crippen LogP contribution in [0.1, 0.15) is 31.4 Å². The van der Waals surface area contributed by atoms with Crippen LogP contribution in [0.15, 0.2) is 53.7 Å². The van der Waals surface area contributed by atoms with Crippen molar-refractivity contribution >= 4 is 11.6 Å². The third kappa shape index (κ3) is 5.08. The molecule has 2 aromatic carbocycles. The highest BCUT2D eigenvalue weighted by molar-refractivity contribution is 6.03. The normalized spacial score (nSPS) is 15.6. The Morgan fingerprint density at radius 3 is 2.69 bits per heavy atom. The topological polar surface area (TPSA) is 60.4 Å². The second-order valence-electron chi connectivity index (χ2n) is 7.39. The number of ether oxygens (including phenoxy) is 2. The summed E-state index contributed by atoms with van der Waals surface area (Å²) in [5, 5.41) is 4.27. The monoisotopic (exact) mass is 396 g/mol. The Kier molecular flexibility index (Phi) is 6.75. The molecule has 29 heavy (non-hydrogen) atoms. The van der Waals surface area contributed by atoms with E-state index in [2.05, 4.69) is 5.16 Å². The van der Waals surface area contributed by atoms with Crippen molar-refractivity contribution in [1.29, 1.82) is 0 Å². The van der Waals surface area contributed by atoms with E-state index in [1.54, 1.807) is 14.2 Å². The van der Waals surface area contributed by atoms with E-state index in [9.17, 15) is 4.79 Å². The van der Waals surface area contributed by atoms with Crippen molar-refractivity contribution in [2.75, 3.05) is 20.8 Å². The van der Waals surface area contributed by atoms with Crippen molar-refractivity contribution in [2.45, 2.75) is 32.9 Å². The van der Waals surface area contributed by atoms with Crippen LogP contribution in [0.4, 0.5) is 0 Å². The number of methoxy groups -OCH3 is 2. The van der Waals surface area contributed by atoms with E-state index in [1.165, 1.54) is 0 Å². The standard InChI is InChI=1S/C23H28N2O4/c1-16(2)23(26)25(14-17-8-7-9-18(12-17)27-3)15-19-13-21(24-29-19)20-10-5-6-11-22(20)28-4/h5-12,16,19H,13-15H2,1-4H3/t19-/m0/s1. The number of oxime groups is 1. The molecule has 154 valence electrons. The maximum atomic E-state index is 12.8. The van der Waals surface area contributed by atoms with E-state index in [4.69, 9.17) is 14.3 Å². The van der Waals surface area contributed by atoms with Gasteiger partial charge in [0.05, 0.1) is 26.5 Å². The van der Waals surface area contributed by atoms with Crippen molar-refractivity contribution in [1.82, 2.24) is 4.90 Å². The number of amides is 1. The highest BCUT2D eigenvalue weighted by Crippen LogP contribution is 2.25. The smallest absolute Gasteiger partial charge is 0.225 e. The van der Waals surface area contributed by atoms with Crippen molar-refractivity contribution in [3.63, 3.8) is 0 Å². The van der Waals surface area contributed by atoms with E-state index >= 15 is 0 Å². The molecule has 3 rings (SSSR count). The first-order valence-corrected chi connectivity index (χ1v) is 9.79. The lowest BCUT2D eigenvalue weighted by Gasteiger charge is -2.26. The summed E-state index contributed by atoms with van der Waals surface area (Å²) in [6.07, 6.45) is 0.434. The lowest BCUT2D eigenvalue weighted by Crippen LogP contribution is -2.39. The number of hydrogen-bond donors (Lipinski definition) is 0. The SMILES string of the molecule is COc1cccc(CN(C[C@@H]2CC(c3ccccc3OC)=NO2)C(=O)C(C)C)c1. The van der Waals surface area contributed by atoms with Crippen LogP contribution in [0.2, 0.25) is 0 Å². The van der Waals surface area contributed by atoms with Crippen LogP contribution in [0.5, 0.6) is 11.5 Å². The number of carbonyl (C=O) groups is 1. The average molecular weight is 396 g/mol. The molecule has 0 saturated heterocycles. The number of rotatable bonds is 8. The Morgan fingerprint density at radius 1 is 1.17 bits per heavy atom. The number of para-hydroxylation sites is 1. The van der Waals surface area contributed by atoms with Crippen LogP contribution in [0.25, 0.3) is 0 Å². The zero-order chi connectivity index (χ0) is 20.8. The molecule has 1 amide bonds. The van der Waals surface area contributed by atoms with Gasteiger partial charge in [0.15, 0.2) is 6.10 Å². The highest BCUT2D eigenvalue weighted by Gasteiger charge is 2.28. The molecule has 6 nitrogen and oxygen atoms in total. The number of carbonyl (C=O) groups excluding carboxylic acids is 1. The van der Waals surface area contributed by atoms with Crippen LogP contribution in [-0.4, -0.2) is 43.4 Å². The fourth-order valence-electron chi connectivity index (χ4n) is 3.40. The van der Waals surface area contributed by atoms with Crippen molar-refractivity contribution < 1.29 is 19.1 Å².